The predicted molar refractivity (Wildman–Crippen MR) is 60.5 cm³/mol. The summed E-state index contributed by atoms with van der Waals surface area (Å²) in [7, 11) is 0. The van der Waals surface area contributed by atoms with Crippen molar-refractivity contribution in [3.63, 3.8) is 0 Å². The molecule has 1 fully saturated rings. The summed E-state index contributed by atoms with van der Waals surface area (Å²) < 4.78 is 10.1. The van der Waals surface area contributed by atoms with Gasteiger partial charge in [0, 0.05) is 5.39 Å². The SMILES string of the molecule is O=C(Cc1noc2ccccc12)NC1COC1. The lowest BCUT2D eigenvalue weighted by Gasteiger charge is -2.26. The number of nitrogens with zero attached hydrogens (tertiary/aromatic N) is 1. The lowest BCUT2D eigenvalue weighted by atomic mass is 10.1. The Morgan fingerprint density at radius 1 is 1.41 bits per heavy atom. The molecule has 1 aliphatic rings. The molecule has 1 aliphatic heterocycles. The number of fused-ring (bicyclic) bond motifs is 1. The molecule has 0 bridgehead atoms. The number of ether oxygens (including phenoxy) is 1. The lowest BCUT2D eigenvalue weighted by Crippen LogP contribution is -2.49. The van der Waals surface area contributed by atoms with E-state index < -0.39 is 0 Å². The van der Waals surface area contributed by atoms with E-state index in [2.05, 4.69) is 10.5 Å². The molecular formula is C12H12N2O3. The van der Waals surface area contributed by atoms with Gasteiger partial charge in [0.15, 0.2) is 5.58 Å². The summed E-state index contributed by atoms with van der Waals surface area (Å²) in [6.07, 6.45) is 0.244. The van der Waals surface area contributed by atoms with E-state index in [4.69, 9.17) is 9.26 Å². The smallest absolute Gasteiger partial charge is 0.226 e. The summed E-state index contributed by atoms with van der Waals surface area (Å²) in [6, 6.07) is 7.68. The third-order valence-corrected chi connectivity index (χ3v) is 2.78. The third-order valence-electron chi connectivity index (χ3n) is 2.78. The third kappa shape index (κ3) is 2.01. The first-order chi connectivity index (χ1) is 8.33. The number of amides is 1. The zero-order valence-electron chi connectivity index (χ0n) is 9.18. The number of carbonyl (C=O) groups is 1. The quantitative estimate of drug-likeness (QED) is 0.853. The number of rotatable bonds is 3. The summed E-state index contributed by atoms with van der Waals surface area (Å²) >= 11 is 0. The van der Waals surface area contributed by atoms with E-state index in [1.165, 1.54) is 0 Å². The number of benzene rings is 1. The summed E-state index contributed by atoms with van der Waals surface area (Å²) in [4.78, 5) is 11.7. The van der Waals surface area contributed by atoms with Gasteiger partial charge < -0.3 is 14.6 Å². The first-order valence-corrected chi connectivity index (χ1v) is 5.53. The van der Waals surface area contributed by atoms with E-state index in [-0.39, 0.29) is 18.4 Å². The van der Waals surface area contributed by atoms with E-state index in [0.717, 1.165) is 5.39 Å². The first-order valence-electron chi connectivity index (χ1n) is 5.53. The highest BCUT2D eigenvalue weighted by Gasteiger charge is 2.21. The standard InChI is InChI=1S/C12H12N2O3/c15-12(13-8-6-16-7-8)5-10-9-3-1-2-4-11(9)17-14-10/h1-4,8H,5-7H2,(H,13,15). The van der Waals surface area contributed by atoms with E-state index in [1.54, 1.807) is 0 Å². The molecule has 5 nitrogen and oxygen atoms in total. The number of nitrogens with one attached hydrogen (secondary N) is 1. The van der Waals surface area contributed by atoms with Crippen LogP contribution in [0.4, 0.5) is 0 Å². The van der Waals surface area contributed by atoms with Gasteiger partial charge in [-0.15, -0.1) is 0 Å². The van der Waals surface area contributed by atoms with Gasteiger partial charge in [0.1, 0.15) is 5.69 Å². The highest BCUT2D eigenvalue weighted by Crippen LogP contribution is 2.18. The van der Waals surface area contributed by atoms with Gasteiger partial charge in [-0.05, 0) is 12.1 Å². The molecule has 17 heavy (non-hydrogen) atoms. The van der Waals surface area contributed by atoms with Crippen LogP contribution in [0, 0.1) is 0 Å². The monoisotopic (exact) mass is 232 g/mol. The molecule has 2 heterocycles. The van der Waals surface area contributed by atoms with Gasteiger partial charge in [-0.2, -0.15) is 0 Å². The van der Waals surface area contributed by atoms with Crippen LogP contribution in [0.1, 0.15) is 5.69 Å². The Balaban J connectivity index is 1.73. The lowest BCUT2D eigenvalue weighted by molar-refractivity contribution is -0.124. The summed E-state index contributed by atoms with van der Waals surface area (Å²) in [5.74, 6) is -0.0441. The van der Waals surface area contributed by atoms with Crippen LogP contribution in [0.25, 0.3) is 11.0 Å². The van der Waals surface area contributed by atoms with Gasteiger partial charge in [0.2, 0.25) is 5.91 Å². The highest BCUT2D eigenvalue weighted by atomic mass is 16.5. The van der Waals surface area contributed by atoms with Gasteiger partial charge in [0.05, 0.1) is 25.7 Å². The van der Waals surface area contributed by atoms with Gasteiger partial charge in [-0.25, -0.2) is 0 Å². The fourth-order valence-electron chi connectivity index (χ4n) is 1.82. The van der Waals surface area contributed by atoms with E-state index in [9.17, 15) is 4.79 Å². The average Bonchev–Trinajstić information content (AvgIpc) is 2.68. The predicted octanol–water partition coefficient (Wildman–Crippen LogP) is 0.885. The molecule has 5 heteroatoms. The Labute approximate surface area is 97.7 Å². The maximum Gasteiger partial charge on any atom is 0.226 e. The molecule has 1 aromatic carbocycles. The maximum absolute atomic E-state index is 11.7. The Morgan fingerprint density at radius 2 is 2.24 bits per heavy atom. The molecule has 0 aliphatic carbocycles. The molecule has 0 unspecified atom stereocenters. The van der Waals surface area contributed by atoms with Crippen LogP contribution >= 0.6 is 0 Å². The maximum atomic E-state index is 11.7. The van der Waals surface area contributed by atoms with Gasteiger partial charge in [0.25, 0.3) is 0 Å². The van der Waals surface area contributed by atoms with E-state index in [0.29, 0.717) is 24.5 Å². The van der Waals surface area contributed by atoms with Crippen LogP contribution in [0.15, 0.2) is 28.8 Å². The van der Waals surface area contributed by atoms with Crippen LogP contribution in [0.5, 0.6) is 0 Å². The van der Waals surface area contributed by atoms with Crippen molar-refractivity contribution in [2.24, 2.45) is 0 Å². The van der Waals surface area contributed by atoms with Crippen LogP contribution in [0.3, 0.4) is 0 Å². The van der Waals surface area contributed by atoms with Crippen LogP contribution in [-0.2, 0) is 16.0 Å². The number of aromatic nitrogens is 1. The number of carbonyl (C=O) groups excluding carboxylic acids is 1. The molecule has 1 saturated heterocycles. The van der Waals surface area contributed by atoms with Crippen molar-refractivity contribution in [3.05, 3.63) is 30.0 Å². The van der Waals surface area contributed by atoms with E-state index in [1.807, 2.05) is 24.3 Å². The summed E-state index contributed by atoms with van der Waals surface area (Å²) in [5, 5.41) is 7.69. The second-order valence-corrected chi connectivity index (χ2v) is 4.10. The fraction of sp³-hybridized carbons (Fsp3) is 0.333. The summed E-state index contributed by atoms with van der Waals surface area (Å²) in [5.41, 5.74) is 1.39. The zero-order valence-corrected chi connectivity index (χ0v) is 9.18. The van der Waals surface area contributed by atoms with Gasteiger partial charge in [-0.1, -0.05) is 17.3 Å². The minimum absolute atomic E-state index is 0.0441. The minimum Gasteiger partial charge on any atom is -0.377 e. The normalized spacial score (nSPS) is 15.8. The van der Waals surface area contributed by atoms with E-state index >= 15 is 0 Å². The summed E-state index contributed by atoms with van der Waals surface area (Å²) in [6.45, 7) is 1.20. The minimum atomic E-state index is -0.0441. The van der Waals surface area contributed by atoms with Crippen molar-refractivity contribution in [2.45, 2.75) is 12.5 Å². The highest BCUT2D eigenvalue weighted by molar-refractivity contribution is 5.86. The second-order valence-electron chi connectivity index (χ2n) is 4.10. The Hall–Kier alpha value is -1.88. The molecule has 1 amide bonds. The molecule has 1 N–H and O–H groups in total. The van der Waals surface area contributed by atoms with Crippen molar-refractivity contribution in [3.8, 4) is 0 Å². The van der Waals surface area contributed by atoms with Crippen LogP contribution in [-0.4, -0.2) is 30.3 Å². The zero-order chi connectivity index (χ0) is 11.7. The Morgan fingerprint density at radius 3 is 3.00 bits per heavy atom. The first kappa shape index (κ1) is 10.3. The van der Waals surface area contributed by atoms with Crippen molar-refractivity contribution in [1.29, 1.82) is 0 Å². The van der Waals surface area contributed by atoms with Crippen molar-refractivity contribution in [1.82, 2.24) is 10.5 Å². The van der Waals surface area contributed by atoms with Gasteiger partial charge in [-0.3, -0.25) is 4.79 Å². The molecule has 0 radical (unpaired) electrons. The average molecular weight is 232 g/mol. The molecule has 2 aromatic rings. The molecule has 88 valence electrons. The number of para-hydroxylation sites is 1. The fourth-order valence-corrected chi connectivity index (χ4v) is 1.82. The largest absolute Gasteiger partial charge is 0.377 e. The molecule has 0 atom stereocenters. The van der Waals surface area contributed by atoms with Crippen molar-refractivity contribution in [2.75, 3.05) is 13.2 Å². The molecular weight excluding hydrogens is 220 g/mol. The molecule has 3 rings (SSSR count). The topological polar surface area (TPSA) is 64.4 Å². The van der Waals surface area contributed by atoms with Gasteiger partial charge >= 0.3 is 0 Å². The van der Waals surface area contributed by atoms with Crippen LogP contribution < -0.4 is 5.32 Å². The van der Waals surface area contributed by atoms with Crippen molar-refractivity contribution < 1.29 is 14.1 Å². The molecule has 0 saturated carbocycles. The second kappa shape index (κ2) is 4.18. The van der Waals surface area contributed by atoms with Crippen LogP contribution in [0.2, 0.25) is 0 Å². The molecule has 0 spiro atoms. The Bertz CT molecular complexity index is 545. The Kier molecular flexibility index (Phi) is 2.53. The number of hydrogen-bond donors (Lipinski definition) is 1. The number of hydrogen-bond acceptors (Lipinski definition) is 4. The van der Waals surface area contributed by atoms with Crippen molar-refractivity contribution >= 4 is 16.9 Å². The molecule has 1 aromatic heterocycles.